The van der Waals surface area contributed by atoms with Gasteiger partial charge in [0.15, 0.2) is 24.4 Å². The van der Waals surface area contributed by atoms with Crippen molar-refractivity contribution in [2.45, 2.75) is 210 Å². The number of rotatable bonds is 18. The number of nitrogens with zero attached hydrogens (tertiary/aromatic N) is 8. The molecule has 8 atom stereocenters. The second-order valence-electron chi connectivity index (χ2n) is 25.0. The van der Waals surface area contributed by atoms with Crippen molar-refractivity contribution in [3.8, 4) is 0 Å². The third-order valence-corrected chi connectivity index (χ3v) is 15.8. The Balaban J connectivity index is 1.59. The Morgan fingerprint density at radius 3 is 1.08 bits per heavy atom. The summed E-state index contributed by atoms with van der Waals surface area (Å²) in [5.74, 6) is -7.40. The van der Waals surface area contributed by atoms with E-state index in [-0.39, 0.29) is 62.2 Å². The molecule has 2 aromatic carbocycles. The van der Waals surface area contributed by atoms with Crippen LogP contribution in [0.15, 0.2) is 60.7 Å². The number of aromatic nitrogens is 4. The van der Waals surface area contributed by atoms with Crippen LogP contribution in [-0.4, -0.2) is 163 Å². The number of ether oxygens (including phenoxy) is 4. The molecule has 5 rings (SSSR count). The zero-order chi connectivity index (χ0) is 64.0. The molecule has 1 aliphatic heterocycles. The summed E-state index contributed by atoms with van der Waals surface area (Å²) in [7, 11) is 5.61. The highest BCUT2D eigenvalue weighted by atomic mass is 16.6. The lowest BCUT2D eigenvalue weighted by Gasteiger charge is -2.35. The number of esters is 4. The summed E-state index contributed by atoms with van der Waals surface area (Å²) in [6.45, 7) is 26.6. The number of hydrogen-bond donors (Lipinski definition) is 0. The van der Waals surface area contributed by atoms with Gasteiger partial charge in [-0.15, -0.1) is 0 Å². The molecule has 0 saturated carbocycles. The summed E-state index contributed by atoms with van der Waals surface area (Å²) in [6, 6.07) is 13.9. The normalized spacial score (nSPS) is 22.5. The zero-order valence-corrected chi connectivity index (χ0v) is 54.2. The van der Waals surface area contributed by atoms with Gasteiger partial charge in [0.05, 0.1) is 24.5 Å². The minimum absolute atomic E-state index is 0.0837. The van der Waals surface area contributed by atoms with Crippen molar-refractivity contribution in [2.75, 3.05) is 28.2 Å². The van der Waals surface area contributed by atoms with Crippen LogP contribution in [0.1, 0.15) is 154 Å². The summed E-state index contributed by atoms with van der Waals surface area (Å²) in [6.07, 6.45) is -4.38. The van der Waals surface area contributed by atoms with E-state index in [1.165, 1.54) is 51.8 Å². The monoisotopic (exact) mass is 1190 g/mol. The Hall–Kier alpha value is -7.38. The first-order valence-electron chi connectivity index (χ1n) is 30.5. The van der Waals surface area contributed by atoms with E-state index in [0.717, 1.165) is 56.5 Å². The summed E-state index contributed by atoms with van der Waals surface area (Å²) in [5, 5.41) is 9.34. The maximum absolute atomic E-state index is 15.1. The Morgan fingerprint density at radius 1 is 0.430 bits per heavy atom. The van der Waals surface area contributed by atoms with Gasteiger partial charge in [0.25, 0.3) is 23.6 Å². The largest absolute Gasteiger partial charge is 0.451 e. The maximum atomic E-state index is 15.1. The Kier molecular flexibility index (Phi) is 25.3. The van der Waals surface area contributed by atoms with E-state index in [1.807, 2.05) is 146 Å². The highest BCUT2D eigenvalue weighted by Crippen LogP contribution is 2.25. The van der Waals surface area contributed by atoms with Crippen LogP contribution in [0, 0.1) is 37.5 Å². The molecule has 1 saturated heterocycles. The SMILES string of the molecule is CCc1cc(C)n(Cc2ccc(C[C@H]3OC(=O)[C@H](CC(C)C)N(C)C(=O)[C@@H](C)OC(=O)[C@H](CC(C)C)N(C)C(=O)[C@@H](Cc4ccc(Cn5nc(C)cc5CC)cc4)OC(=O)[C@H](CC(C)C)N(C)C(=O)[C@@H](C)OC(=O)[C@H](CC(C)C)N(C)C3=O)cc2)n1. The van der Waals surface area contributed by atoms with E-state index >= 15 is 9.59 Å². The first-order chi connectivity index (χ1) is 40.4. The number of carbonyl (C=O) groups is 8. The minimum atomic E-state index is -1.53. The fourth-order valence-corrected chi connectivity index (χ4v) is 10.7. The van der Waals surface area contributed by atoms with E-state index in [1.54, 1.807) is 0 Å². The molecule has 86 heavy (non-hydrogen) atoms. The van der Waals surface area contributed by atoms with Crippen molar-refractivity contribution < 1.29 is 57.3 Å². The minimum Gasteiger partial charge on any atom is -0.451 e. The number of likely N-dealkylation sites (N-methyl/N-ethyl adjacent to an activating group) is 4. The van der Waals surface area contributed by atoms with Crippen molar-refractivity contribution in [3.63, 3.8) is 0 Å². The molecule has 20 heteroatoms. The van der Waals surface area contributed by atoms with E-state index in [4.69, 9.17) is 24.0 Å². The summed E-state index contributed by atoms with van der Waals surface area (Å²) < 4.78 is 28.2. The van der Waals surface area contributed by atoms with Crippen LogP contribution >= 0.6 is 0 Å². The van der Waals surface area contributed by atoms with Gasteiger partial charge in [0, 0.05) is 52.4 Å². The van der Waals surface area contributed by atoms with Crippen LogP contribution in [0.2, 0.25) is 0 Å². The van der Waals surface area contributed by atoms with Gasteiger partial charge in [-0.05, 0) is 124 Å². The number of carbonyl (C=O) groups excluding carboxylic acids is 8. The molecule has 472 valence electrons. The van der Waals surface area contributed by atoms with Crippen molar-refractivity contribution >= 4 is 47.5 Å². The van der Waals surface area contributed by atoms with E-state index in [2.05, 4.69) is 12.0 Å². The van der Waals surface area contributed by atoms with E-state index in [0.29, 0.717) is 24.2 Å². The molecule has 4 amide bonds. The molecular formula is C66H96N8O12. The number of cyclic esters (lactones) is 4. The molecule has 20 nitrogen and oxygen atoms in total. The van der Waals surface area contributed by atoms with E-state index < -0.39 is 96.1 Å². The average molecular weight is 1190 g/mol. The molecule has 0 unspecified atom stereocenters. The predicted molar refractivity (Wildman–Crippen MR) is 326 cm³/mol. The first-order valence-corrected chi connectivity index (χ1v) is 30.5. The van der Waals surface area contributed by atoms with Gasteiger partial charge in [0.2, 0.25) is 0 Å². The van der Waals surface area contributed by atoms with Gasteiger partial charge < -0.3 is 38.5 Å². The highest BCUT2D eigenvalue weighted by Gasteiger charge is 2.43. The van der Waals surface area contributed by atoms with Crippen LogP contribution in [0.25, 0.3) is 0 Å². The lowest BCUT2D eigenvalue weighted by molar-refractivity contribution is -0.176. The average Bonchev–Trinajstić information content (AvgIpc) is 2.24. The van der Waals surface area contributed by atoms with Crippen molar-refractivity contribution in [1.82, 2.24) is 39.2 Å². The van der Waals surface area contributed by atoms with Gasteiger partial charge >= 0.3 is 23.9 Å². The molecule has 2 aromatic heterocycles. The van der Waals surface area contributed by atoms with Gasteiger partial charge in [0.1, 0.15) is 24.2 Å². The maximum Gasteiger partial charge on any atom is 0.329 e. The first kappa shape index (κ1) is 69.4. The smallest absolute Gasteiger partial charge is 0.329 e. The standard InChI is InChI=1S/C66H96N8O12/c1-19-51-34-44(12)73(68-51)37-49-25-21-47(22-26-49)35-57-61(77)71(17)53(29-39(3)4)63(79)83-46(14)60(76)70(16)56(32-42(9)10)66(82)86-58(36-48-23-27-50(28-24-48)38-74-52(20-2)33-43(11)67-74)62(78)72(18)54(30-40(5)6)64(80)84-45(13)59(75)69(15)55(31-41(7)8)65(81)85-57/h21-28,33-34,39-42,45-46,53-58H,19-20,29-32,35-38H2,1-18H3/t45-,46-,53+,54+,55+,56+,57-,58-/m1/s1. The zero-order valence-electron chi connectivity index (χ0n) is 54.2. The van der Waals surface area contributed by atoms with Crippen LogP contribution in [-0.2, 0) is 96.1 Å². The molecule has 4 aromatic rings. The molecule has 1 aliphatic rings. The van der Waals surface area contributed by atoms with Crippen molar-refractivity contribution in [1.29, 1.82) is 0 Å². The lowest BCUT2D eigenvalue weighted by atomic mass is 9.99. The van der Waals surface area contributed by atoms with Gasteiger partial charge in [-0.3, -0.25) is 28.5 Å². The number of amides is 4. The second-order valence-corrected chi connectivity index (χ2v) is 25.0. The Morgan fingerprint density at radius 2 is 0.756 bits per heavy atom. The number of hydrogen-bond acceptors (Lipinski definition) is 14. The van der Waals surface area contributed by atoms with Gasteiger partial charge in [-0.1, -0.05) is 118 Å². The predicted octanol–water partition coefficient (Wildman–Crippen LogP) is 7.90. The molecule has 1 fully saturated rings. The molecule has 3 heterocycles. The van der Waals surface area contributed by atoms with Crippen LogP contribution in [0.3, 0.4) is 0 Å². The fourth-order valence-electron chi connectivity index (χ4n) is 10.7. The molecule has 0 spiro atoms. The third kappa shape index (κ3) is 18.8. The third-order valence-electron chi connectivity index (χ3n) is 15.8. The summed E-state index contributed by atoms with van der Waals surface area (Å²) in [5.41, 5.74) is 7.07. The van der Waals surface area contributed by atoms with Crippen LogP contribution < -0.4 is 0 Å². The molecule has 0 aliphatic carbocycles. The molecule has 0 N–H and O–H groups in total. The topological polar surface area (TPSA) is 222 Å². The van der Waals surface area contributed by atoms with Crippen LogP contribution in [0.5, 0.6) is 0 Å². The summed E-state index contributed by atoms with van der Waals surface area (Å²) >= 11 is 0. The Labute approximate surface area is 509 Å². The van der Waals surface area contributed by atoms with Crippen molar-refractivity contribution in [2.24, 2.45) is 23.7 Å². The summed E-state index contributed by atoms with van der Waals surface area (Å²) in [4.78, 5) is 123. The lowest BCUT2D eigenvalue weighted by Crippen LogP contribution is -2.55. The quantitative estimate of drug-likeness (QED) is 0.0683. The Bertz CT molecular complexity index is 2950. The van der Waals surface area contributed by atoms with Gasteiger partial charge in [-0.2, -0.15) is 10.2 Å². The number of benzene rings is 2. The fraction of sp³-hybridized carbons (Fsp3) is 0.606. The van der Waals surface area contributed by atoms with E-state index in [9.17, 15) is 28.8 Å². The molecule has 0 bridgehead atoms. The van der Waals surface area contributed by atoms with Crippen molar-refractivity contribution in [3.05, 3.63) is 106 Å². The molecular weight excluding hydrogens is 1100 g/mol. The molecule has 0 radical (unpaired) electrons. The highest BCUT2D eigenvalue weighted by molar-refractivity contribution is 5.94. The van der Waals surface area contributed by atoms with Crippen LogP contribution in [0.4, 0.5) is 0 Å². The number of aryl methyl sites for hydroxylation is 4. The van der Waals surface area contributed by atoms with Gasteiger partial charge in [-0.25, -0.2) is 19.2 Å². The second kappa shape index (κ2) is 31.3.